The summed E-state index contributed by atoms with van der Waals surface area (Å²) in [6, 6.07) is 1.96. The number of aryl methyl sites for hydroxylation is 1. The third-order valence-corrected chi connectivity index (χ3v) is 5.27. The van der Waals surface area contributed by atoms with Crippen LogP contribution in [0.2, 0.25) is 0 Å². The third-order valence-electron chi connectivity index (χ3n) is 5.27. The smallest absolute Gasteiger partial charge is 0.213 e. The van der Waals surface area contributed by atoms with Gasteiger partial charge in [-0.1, -0.05) is 0 Å². The average molecular weight is 299 g/mol. The van der Waals surface area contributed by atoms with Gasteiger partial charge >= 0.3 is 0 Å². The molecule has 4 nitrogen and oxygen atoms in total. The Kier molecular flexibility index (Phi) is 3.63. The van der Waals surface area contributed by atoms with Crippen molar-refractivity contribution in [1.82, 2.24) is 4.98 Å². The summed E-state index contributed by atoms with van der Waals surface area (Å²) in [7, 11) is 1.61. The van der Waals surface area contributed by atoms with Gasteiger partial charge in [0.1, 0.15) is 5.41 Å². The van der Waals surface area contributed by atoms with Crippen LogP contribution in [0.5, 0.6) is 5.88 Å². The normalized spacial score (nSPS) is 22.5. The van der Waals surface area contributed by atoms with Gasteiger partial charge in [-0.25, -0.2) is 4.98 Å². The monoisotopic (exact) mass is 299 g/mol. The summed E-state index contributed by atoms with van der Waals surface area (Å²) >= 11 is 0. The molecule has 0 aliphatic heterocycles. The van der Waals surface area contributed by atoms with Crippen LogP contribution in [0, 0.1) is 5.41 Å². The molecule has 116 valence electrons. The highest BCUT2D eigenvalue weighted by molar-refractivity contribution is 6.16. The molecule has 1 aromatic rings. The van der Waals surface area contributed by atoms with Crippen LogP contribution in [0.1, 0.15) is 50.7 Å². The van der Waals surface area contributed by atoms with Crippen molar-refractivity contribution in [2.75, 3.05) is 7.11 Å². The lowest BCUT2D eigenvalue weighted by Crippen LogP contribution is -2.31. The van der Waals surface area contributed by atoms with Gasteiger partial charge in [0, 0.05) is 25.1 Å². The van der Waals surface area contributed by atoms with E-state index in [1.54, 1.807) is 14.0 Å². The van der Waals surface area contributed by atoms with Gasteiger partial charge in [0.05, 0.1) is 7.11 Å². The Balaban J connectivity index is 2.13. The predicted octanol–water partition coefficient (Wildman–Crippen LogP) is 3.14. The maximum atomic E-state index is 12.3. The molecule has 0 unspecified atom stereocenters. The molecule has 0 aromatic carbocycles. The Morgan fingerprint density at radius 1 is 1.18 bits per heavy atom. The number of pyridine rings is 1. The first kappa shape index (κ1) is 14.9. The summed E-state index contributed by atoms with van der Waals surface area (Å²) < 4.78 is 5.19. The molecule has 0 bridgehead atoms. The maximum absolute atomic E-state index is 12.3. The first-order chi connectivity index (χ1) is 10.5. The zero-order valence-corrected chi connectivity index (χ0v) is 13.4. The van der Waals surface area contributed by atoms with E-state index in [2.05, 4.69) is 4.98 Å². The number of nitrogens with zero attached hydrogens (tertiary/aromatic N) is 1. The van der Waals surface area contributed by atoms with Gasteiger partial charge in [-0.3, -0.25) is 9.59 Å². The second-order valence-electron chi connectivity index (χ2n) is 6.31. The molecule has 0 amide bonds. The minimum Gasteiger partial charge on any atom is -0.481 e. The van der Waals surface area contributed by atoms with E-state index in [9.17, 15) is 9.59 Å². The Labute approximate surface area is 130 Å². The number of fused-ring (bicyclic) bond motifs is 1. The van der Waals surface area contributed by atoms with Gasteiger partial charge in [-0.15, -0.1) is 0 Å². The van der Waals surface area contributed by atoms with Crippen LogP contribution >= 0.6 is 0 Å². The van der Waals surface area contributed by atoms with E-state index in [4.69, 9.17) is 4.74 Å². The van der Waals surface area contributed by atoms with Gasteiger partial charge in [-0.05, 0) is 55.4 Å². The van der Waals surface area contributed by atoms with Crippen LogP contribution < -0.4 is 4.74 Å². The fraction of sp³-hybridized carbons (Fsp3) is 0.500. The van der Waals surface area contributed by atoms with Gasteiger partial charge in [0.2, 0.25) is 5.88 Å². The molecule has 1 saturated carbocycles. The van der Waals surface area contributed by atoms with Crippen molar-refractivity contribution >= 4 is 17.1 Å². The fourth-order valence-electron chi connectivity index (χ4n) is 3.65. The number of aromatic nitrogens is 1. The largest absolute Gasteiger partial charge is 0.481 e. The van der Waals surface area contributed by atoms with Crippen LogP contribution in [-0.4, -0.2) is 23.7 Å². The number of Topliss-reactive ketones (excluding diaryl/α,β-unsaturated/α-hetero) is 2. The van der Waals surface area contributed by atoms with Crippen molar-refractivity contribution in [3.05, 3.63) is 29.0 Å². The molecule has 0 N–H and O–H groups in total. The standard InChI is InChI=1S/C18H21NO3/c1-11(18(2)15(20)7-8-16(18)21)13-6-4-5-12-9-17(22-3)19-10-14(12)13/h9-10H,4-8H2,1-3H3. The fourth-order valence-corrected chi connectivity index (χ4v) is 3.65. The molecule has 1 heterocycles. The van der Waals surface area contributed by atoms with Crippen molar-refractivity contribution in [2.24, 2.45) is 5.41 Å². The highest BCUT2D eigenvalue weighted by Gasteiger charge is 2.47. The minimum atomic E-state index is -0.941. The summed E-state index contributed by atoms with van der Waals surface area (Å²) in [5.41, 5.74) is 3.34. The predicted molar refractivity (Wildman–Crippen MR) is 83.7 cm³/mol. The highest BCUT2D eigenvalue weighted by atomic mass is 16.5. The minimum absolute atomic E-state index is 0.0519. The molecule has 0 saturated heterocycles. The SMILES string of the molecule is COc1cc2c(cn1)C(=C(C)C1(C)C(=O)CCC1=O)CCC2. The molecule has 1 fully saturated rings. The van der Waals surface area contributed by atoms with E-state index < -0.39 is 5.41 Å². The molecule has 0 atom stereocenters. The lowest BCUT2D eigenvalue weighted by Gasteiger charge is -2.28. The summed E-state index contributed by atoms with van der Waals surface area (Å²) in [4.78, 5) is 28.9. The Bertz CT molecular complexity index is 672. The Morgan fingerprint density at radius 2 is 1.86 bits per heavy atom. The van der Waals surface area contributed by atoms with Gasteiger partial charge in [0.15, 0.2) is 11.6 Å². The molecule has 3 rings (SSSR count). The molecular weight excluding hydrogens is 278 g/mol. The second-order valence-corrected chi connectivity index (χ2v) is 6.31. The molecule has 2 aliphatic carbocycles. The molecule has 1 aromatic heterocycles. The number of carbonyl (C=O) groups is 2. The lowest BCUT2D eigenvalue weighted by atomic mass is 9.73. The van der Waals surface area contributed by atoms with Crippen molar-refractivity contribution in [3.8, 4) is 5.88 Å². The number of ketones is 2. The Hall–Kier alpha value is -1.97. The lowest BCUT2D eigenvalue weighted by molar-refractivity contribution is -0.131. The third kappa shape index (κ3) is 2.09. The summed E-state index contributed by atoms with van der Waals surface area (Å²) in [5, 5.41) is 0. The van der Waals surface area contributed by atoms with E-state index in [1.165, 1.54) is 5.56 Å². The van der Waals surface area contributed by atoms with Crippen LogP contribution in [-0.2, 0) is 16.0 Å². The first-order valence-corrected chi connectivity index (χ1v) is 7.78. The zero-order chi connectivity index (χ0) is 15.9. The first-order valence-electron chi connectivity index (χ1n) is 7.78. The van der Waals surface area contributed by atoms with E-state index in [-0.39, 0.29) is 11.6 Å². The summed E-state index contributed by atoms with van der Waals surface area (Å²) in [6.07, 6.45) is 5.44. The van der Waals surface area contributed by atoms with Crippen molar-refractivity contribution in [2.45, 2.75) is 46.0 Å². The van der Waals surface area contributed by atoms with E-state index in [0.717, 1.165) is 36.0 Å². The van der Waals surface area contributed by atoms with Crippen LogP contribution in [0.4, 0.5) is 0 Å². The van der Waals surface area contributed by atoms with Crippen molar-refractivity contribution in [1.29, 1.82) is 0 Å². The van der Waals surface area contributed by atoms with Gasteiger partial charge < -0.3 is 4.74 Å². The number of carbonyl (C=O) groups excluding carboxylic acids is 2. The van der Waals surface area contributed by atoms with Crippen molar-refractivity contribution in [3.63, 3.8) is 0 Å². The van der Waals surface area contributed by atoms with Crippen molar-refractivity contribution < 1.29 is 14.3 Å². The summed E-state index contributed by atoms with van der Waals surface area (Å²) in [6.45, 7) is 3.73. The number of hydrogen-bond acceptors (Lipinski definition) is 4. The van der Waals surface area contributed by atoms with Crippen LogP contribution in [0.15, 0.2) is 17.8 Å². The van der Waals surface area contributed by atoms with E-state index in [0.29, 0.717) is 18.7 Å². The molecule has 0 spiro atoms. The molecule has 0 radical (unpaired) electrons. The number of methoxy groups -OCH3 is 1. The highest BCUT2D eigenvalue weighted by Crippen LogP contribution is 2.44. The second kappa shape index (κ2) is 5.34. The molecular formula is C18H21NO3. The molecule has 2 aliphatic rings. The van der Waals surface area contributed by atoms with E-state index in [1.807, 2.05) is 19.2 Å². The zero-order valence-electron chi connectivity index (χ0n) is 13.4. The number of hydrogen-bond donors (Lipinski definition) is 0. The molecule has 4 heteroatoms. The number of ether oxygens (including phenoxy) is 1. The van der Waals surface area contributed by atoms with Gasteiger partial charge in [-0.2, -0.15) is 0 Å². The maximum Gasteiger partial charge on any atom is 0.213 e. The van der Waals surface area contributed by atoms with E-state index >= 15 is 0 Å². The average Bonchev–Trinajstić information content (AvgIpc) is 2.81. The quantitative estimate of drug-likeness (QED) is 0.787. The molecule has 22 heavy (non-hydrogen) atoms. The van der Waals surface area contributed by atoms with Gasteiger partial charge in [0.25, 0.3) is 0 Å². The van der Waals surface area contributed by atoms with Crippen LogP contribution in [0.3, 0.4) is 0 Å². The number of allylic oxidation sites excluding steroid dienone is 2. The number of rotatable bonds is 2. The topological polar surface area (TPSA) is 56.3 Å². The summed E-state index contributed by atoms with van der Waals surface area (Å²) in [5.74, 6) is 0.712. The van der Waals surface area contributed by atoms with Crippen LogP contribution in [0.25, 0.3) is 5.57 Å². The Morgan fingerprint density at radius 3 is 2.50 bits per heavy atom.